The summed E-state index contributed by atoms with van der Waals surface area (Å²) in [4.78, 5) is 11.2. The van der Waals surface area contributed by atoms with Crippen molar-refractivity contribution in [3.05, 3.63) is 63.4 Å². The number of nitriles is 1. The van der Waals surface area contributed by atoms with Crippen LogP contribution in [0.25, 0.3) is 6.08 Å². The van der Waals surface area contributed by atoms with Crippen molar-refractivity contribution in [2.45, 2.75) is 13.5 Å². The molecule has 2 rings (SSSR count). The Balaban J connectivity index is 2.36. The van der Waals surface area contributed by atoms with Gasteiger partial charge >= 0.3 is 0 Å². The molecule has 0 bridgehead atoms. The van der Waals surface area contributed by atoms with Gasteiger partial charge < -0.3 is 15.2 Å². The van der Waals surface area contributed by atoms with Crippen LogP contribution in [0.3, 0.4) is 0 Å². The van der Waals surface area contributed by atoms with Crippen LogP contribution in [0.15, 0.2) is 46.4 Å². The summed E-state index contributed by atoms with van der Waals surface area (Å²) in [6, 6.07) is 11.3. The number of rotatable bonds is 7. The molecule has 5 nitrogen and oxygen atoms in total. The summed E-state index contributed by atoms with van der Waals surface area (Å²) >= 11 is 3.38. The van der Waals surface area contributed by atoms with E-state index in [0.29, 0.717) is 33.7 Å². The molecule has 26 heavy (non-hydrogen) atoms. The topological polar surface area (TPSA) is 85.3 Å². The Morgan fingerprint density at radius 2 is 2.08 bits per heavy atom. The SMILES string of the molecule is CCOc1cc(/C=C(/C#N)C(N)=O)cc(Br)c1OCc1ccccc1F. The maximum Gasteiger partial charge on any atom is 0.259 e. The first kappa shape index (κ1) is 19.5. The highest BCUT2D eigenvalue weighted by Gasteiger charge is 2.14. The minimum Gasteiger partial charge on any atom is -0.490 e. The van der Waals surface area contributed by atoms with E-state index in [1.165, 1.54) is 12.1 Å². The Morgan fingerprint density at radius 1 is 1.35 bits per heavy atom. The number of carbonyl (C=O) groups excluding carboxylic acids is 1. The molecule has 2 aromatic carbocycles. The van der Waals surface area contributed by atoms with Crippen molar-refractivity contribution in [1.29, 1.82) is 5.26 Å². The van der Waals surface area contributed by atoms with E-state index in [-0.39, 0.29) is 18.0 Å². The van der Waals surface area contributed by atoms with E-state index in [4.69, 9.17) is 20.5 Å². The van der Waals surface area contributed by atoms with Crippen molar-refractivity contribution in [2.75, 3.05) is 6.61 Å². The fourth-order valence-electron chi connectivity index (χ4n) is 2.16. The summed E-state index contributed by atoms with van der Waals surface area (Å²) in [7, 11) is 0. The van der Waals surface area contributed by atoms with Crippen LogP contribution in [0.1, 0.15) is 18.1 Å². The maximum atomic E-state index is 13.8. The van der Waals surface area contributed by atoms with Crippen molar-refractivity contribution in [3.8, 4) is 17.6 Å². The van der Waals surface area contributed by atoms with E-state index in [2.05, 4.69) is 15.9 Å². The van der Waals surface area contributed by atoms with Gasteiger partial charge in [0.2, 0.25) is 0 Å². The molecule has 0 atom stereocenters. The predicted octanol–water partition coefficient (Wildman–Crippen LogP) is 3.96. The third-order valence-electron chi connectivity index (χ3n) is 3.36. The number of ether oxygens (including phenoxy) is 2. The number of hydrogen-bond donors (Lipinski definition) is 1. The molecule has 0 aliphatic heterocycles. The van der Waals surface area contributed by atoms with E-state index >= 15 is 0 Å². The molecule has 0 aliphatic carbocycles. The molecule has 7 heteroatoms. The molecule has 0 radical (unpaired) electrons. The van der Waals surface area contributed by atoms with Crippen LogP contribution in [-0.4, -0.2) is 12.5 Å². The summed E-state index contributed by atoms with van der Waals surface area (Å²) in [5.74, 6) is -0.390. The molecule has 134 valence electrons. The predicted molar refractivity (Wildman–Crippen MR) is 98.8 cm³/mol. The lowest BCUT2D eigenvalue weighted by atomic mass is 10.1. The highest BCUT2D eigenvalue weighted by atomic mass is 79.9. The zero-order valence-electron chi connectivity index (χ0n) is 14.0. The number of benzene rings is 2. The quantitative estimate of drug-likeness (QED) is 0.544. The second-order valence-electron chi connectivity index (χ2n) is 5.18. The molecule has 0 saturated carbocycles. The molecule has 0 spiro atoms. The van der Waals surface area contributed by atoms with E-state index in [9.17, 15) is 9.18 Å². The number of nitrogens with zero attached hydrogens (tertiary/aromatic N) is 1. The van der Waals surface area contributed by atoms with Crippen LogP contribution in [0.2, 0.25) is 0 Å². The molecule has 2 N–H and O–H groups in total. The second kappa shape index (κ2) is 9.02. The largest absolute Gasteiger partial charge is 0.490 e. The van der Waals surface area contributed by atoms with Crippen LogP contribution >= 0.6 is 15.9 Å². The summed E-state index contributed by atoms with van der Waals surface area (Å²) in [6.45, 7) is 2.20. The Labute approximate surface area is 159 Å². The first-order valence-electron chi connectivity index (χ1n) is 7.70. The third kappa shape index (κ3) is 4.83. The van der Waals surface area contributed by atoms with Gasteiger partial charge in [-0.3, -0.25) is 4.79 Å². The number of halogens is 2. The molecule has 2 aromatic rings. The number of primary amides is 1. The summed E-state index contributed by atoms with van der Waals surface area (Å²) in [5, 5.41) is 8.97. The van der Waals surface area contributed by atoms with Crippen LogP contribution in [0.5, 0.6) is 11.5 Å². The third-order valence-corrected chi connectivity index (χ3v) is 3.95. The second-order valence-corrected chi connectivity index (χ2v) is 6.03. The average Bonchev–Trinajstić information content (AvgIpc) is 2.60. The van der Waals surface area contributed by atoms with Crippen molar-refractivity contribution in [1.82, 2.24) is 0 Å². The Hall–Kier alpha value is -2.85. The smallest absolute Gasteiger partial charge is 0.259 e. The zero-order valence-corrected chi connectivity index (χ0v) is 15.5. The number of hydrogen-bond acceptors (Lipinski definition) is 4. The molecular weight excluding hydrogens is 403 g/mol. The van der Waals surface area contributed by atoms with Gasteiger partial charge in [-0.1, -0.05) is 18.2 Å². The van der Waals surface area contributed by atoms with E-state index in [0.717, 1.165) is 0 Å². The van der Waals surface area contributed by atoms with Gasteiger partial charge in [-0.05, 0) is 52.7 Å². The van der Waals surface area contributed by atoms with E-state index in [1.807, 2.05) is 0 Å². The van der Waals surface area contributed by atoms with Crippen LogP contribution < -0.4 is 15.2 Å². The summed E-state index contributed by atoms with van der Waals surface area (Å²) in [6.07, 6.45) is 1.36. The minimum absolute atomic E-state index is 0.0191. The normalized spacial score (nSPS) is 10.9. The summed E-state index contributed by atoms with van der Waals surface area (Å²) < 4.78 is 25.6. The Morgan fingerprint density at radius 3 is 2.69 bits per heavy atom. The highest BCUT2D eigenvalue weighted by Crippen LogP contribution is 2.38. The van der Waals surface area contributed by atoms with Gasteiger partial charge in [0.05, 0.1) is 11.1 Å². The first-order chi connectivity index (χ1) is 12.5. The van der Waals surface area contributed by atoms with Crippen molar-refractivity contribution >= 4 is 27.9 Å². The minimum atomic E-state index is -0.818. The van der Waals surface area contributed by atoms with Gasteiger partial charge in [-0.15, -0.1) is 0 Å². The zero-order chi connectivity index (χ0) is 19.1. The van der Waals surface area contributed by atoms with Crippen molar-refractivity contribution in [2.24, 2.45) is 5.73 Å². The molecule has 0 unspecified atom stereocenters. The average molecular weight is 419 g/mol. The van der Waals surface area contributed by atoms with Gasteiger partial charge in [-0.2, -0.15) is 5.26 Å². The maximum absolute atomic E-state index is 13.8. The molecule has 0 saturated heterocycles. The fourth-order valence-corrected chi connectivity index (χ4v) is 2.74. The van der Waals surface area contributed by atoms with Crippen molar-refractivity contribution in [3.63, 3.8) is 0 Å². The van der Waals surface area contributed by atoms with Crippen LogP contribution in [0.4, 0.5) is 4.39 Å². The number of nitrogens with two attached hydrogens (primary N) is 1. The lowest BCUT2D eigenvalue weighted by Gasteiger charge is -2.15. The molecule has 0 fully saturated rings. The lowest BCUT2D eigenvalue weighted by Crippen LogP contribution is -2.12. The Kier molecular flexibility index (Phi) is 6.75. The van der Waals surface area contributed by atoms with Crippen LogP contribution in [-0.2, 0) is 11.4 Å². The van der Waals surface area contributed by atoms with Gasteiger partial charge in [0.15, 0.2) is 11.5 Å². The highest BCUT2D eigenvalue weighted by molar-refractivity contribution is 9.10. The molecule has 1 amide bonds. The van der Waals surface area contributed by atoms with Gasteiger partial charge in [0.25, 0.3) is 5.91 Å². The van der Waals surface area contributed by atoms with Gasteiger partial charge in [0, 0.05) is 5.56 Å². The molecular formula is C19H16BrFN2O3. The van der Waals surface area contributed by atoms with E-state index < -0.39 is 5.91 Å². The van der Waals surface area contributed by atoms with Crippen molar-refractivity contribution < 1.29 is 18.7 Å². The molecule has 0 aromatic heterocycles. The first-order valence-corrected chi connectivity index (χ1v) is 8.49. The monoisotopic (exact) mass is 418 g/mol. The molecule has 0 heterocycles. The number of carbonyl (C=O) groups is 1. The summed E-state index contributed by atoms with van der Waals surface area (Å²) in [5.41, 5.74) is 5.92. The Bertz CT molecular complexity index is 891. The van der Waals surface area contributed by atoms with E-state index in [1.54, 1.807) is 43.3 Å². The standard InChI is InChI=1S/C19H16BrFN2O3/c1-2-25-17-9-12(7-14(10-22)19(23)24)8-15(20)18(17)26-11-13-5-3-4-6-16(13)21/h3-9H,2,11H2,1H3,(H2,23,24)/b14-7-. The van der Waals surface area contributed by atoms with Crippen LogP contribution in [0, 0.1) is 17.1 Å². The molecule has 0 aliphatic rings. The lowest BCUT2D eigenvalue weighted by molar-refractivity contribution is -0.114. The number of amides is 1. The van der Waals surface area contributed by atoms with Gasteiger partial charge in [-0.25, -0.2) is 4.39 Å². The fraction of sp³-hybridized carbons (Fsp3) is 0.158. The van der Waals surface area contributed by atoms with Gasteiger partial charge in [0.1, 0.15) is 24.1 Å².